The minimum absolute atomic E-state index is 0.329. The highest BCUT2D eigenvalue weighted by molar-refractivity contribution is 5.99. The number of ether oxygens (including phenoxy) is 3. The Morgan fingerprint density at radius 3 is 2.22 bits per heavy atom. The van der Waals surface area contributed by atoms with Gasteiger partial charge in [-0.25, -0.2) is 0 Å². The van der Waals surface area contributed by atoms with Gasteiger partial charge in [0.05, 0.1) is 20.3 Å². The summed E-state index contributed by atoms with van der Waals surface area (Å²) in [5, 5.41) is 0. The molecular weight excluding hydrogens is 348 g/mol. The van der Waals surface area contributed by atoms with Gasteiger partial charge in [-0.2, -0.15) is 0 Å². The monoisotopic (exact) mass is 372 g/mol. The first-order valence-electron chi connectivity index (χ1n) is 8.73. The molecule has 0 atom stereocenters. The minimum Gasteiger partial charge on any atom is -0.494 e. The number of amides is 2. The van der Waals surface area contributed by atoms with Gasteiger partial charge in [-0.15, -0.1) is 0 Å². The van der Waals surface area contributed by atoms with E-state index in [0.717, 1.165) is 6.42 Å². The molecule has 2 rings (SSSR count). The lowest BCUT2D eigenvalue weighted by Gasteiger charge is -2.12. The van der Waals surface area contributed by atoms with E-state index in [2.05, 4.69) is 10.9 Å². The topological polar surface area (TPSA) is 85.9 Å². The molecule has 0 aliphatic carbocycles. The molecule has 0 aliphatic rings. The summed E-state index contributed by atoms with van der Waals surface area (Å²) in [6, 6.07) is 11.5. The lowest BCUT2D eigenvalue weighted by Crippen LogP contribution is -2.41. The van der Waals surface area contributed by atoms with Gasteiger partial charge < -0.3 is 14.2 Å². The Bertz CT molecular complexity index is 792. The van der Waals surface area contributed by atoms with Crippen LogP contribution in [0.1, 0.15) is 41.0 Å². The summed E-state index contributed by atoms with van der Waals surface area (Å²) in [6.07, 6.45) is 0.873. The number of carbonyl (C=O) groups is 2. The van der Waals surface area contributed by atoms with E-state index in [0.29, 0.717) is 41.6 Å². The van der Waals surface area contributed by atoms with Gasteiger partial charge in [0.25, 0.3) is 11.8 Å². The molecule has 7 nitrogen and oxygen atoms in total. The lowest BCUT2D eigenvalue weighted by molar-refractivity contribution is 0.0846. The van der Waals surface area contributed by atoms with Crippen molar-refractivity contribution in [3.8, 4) is 17.2 Å². The van der Waals surface area contributed by atoms with E-state index in [4.69, 9.17) is 14.2 Å². The summed E-state index contributed by atoms with van der Waals surface area (Å²) in [7, 11) is 1.49. The molecule has 7 heteroatoms. The van der Waals surface area contributed by atoms with Crippen LogP contribution in [0.4, 0.5) is 0 Å². The Balaban J connectivity index is 1.99. The molecule has 0 bridgehead atoms. The van der Waals surface area contributed by atoms with Crippen molar-refractivity contribution < 1.29 is 23.8 Å². The number of benzene rings is 2. The van der Waals surface area contributed by atoms with E-state index in [9.17, 15) is 9.59 Å². The first-order valence-corrected chi connectivity index (χ1v) is 8.73. The average Bonchev–Trinajstić information content (AvgIpc) is 2.70. The van der Waals surface area contributed by atoms with Crippen molar-refractivity contribution in [1.82, 2.24) is 10.9 Å². The van der Waals surface area contributed by atoms with E-state index < -0.39 is 11.8 Å². The van der Waals surface area contributed by atoms with Crippen LogP contribution in [0, 0.1) is 0 Å². The summed E-state index contributed by atoms with van der Waals surface area (Å²) in [6.45, 7) is 4.92. The van der Waals surface area contributed by atoms with Gasteiger partial charge in [-0.05, 0) is 49.7 Å². The van der Waals surface area contributed by atoms with Crippen molar-refractivity contribution in [2.75, 3.05) is 20.3 Å². The predicted molar refractivity (Wildman–Crippen MR) is 101 cm³/mol. The molecule has 2 amide bonds. The average molecular weight is 372 g/mol. The summed E-state index contributed by atoms with van der Waals surface area (Å²) in [5.41, 5.74) is 5.49. The van der Waals surface area contributed by atoms with Gasteiger partial charge in [0, 0.05) is 11.1 Å². The summed E-state index contributed by atoms with van der Waals surface area (Å²) in [5.74, 6) is 0.680. The number of rotatable bonds is 8. The van der Waals surface area contributed by atoms with Crippen LogP contribution in [0.2, 0.25) is 0 Å². The molecular formula is C20H24N2O5. The highest BCUT2D eigenvalue weighted by Crippen LogP contribution is 2.27. The van der Waals surface area contributed by atoms with Crippen LogP contribution in [0.3, 0.4) is 0 Å². The van der Waals surface area contributed by atoms with Crippen LogP contribution in [0.15, 0.2) is 42.5 Å². The molecule has 0 unspecified atom stereocenters. The maximum absolute atomic E-state index is 12.3. The minimum atomic E-state index is -0.469. The third-order valence-electron chi connectivity index (χ3n) is 3.58. The van der Waals surface area contributed by atoms with E-state index in [1.54, 1.807) is 42.5 Å². The number of hydrogen-bond donors (Lipinski definition) is 2. The standard InChI is InChI=1S/C20H24N2O5/c1-4-11-27-16-8-6-7-14(12-16)19(23)21-22-20(24)15-9-10-17(26-5-2)18(13-15)25-3/h6-10,12-13H,4-5,11H2,1-3H3,(H,21,23)(H,22,24). The van der Waals surface area contributed by atoms with Gasteiger partial charge in [-0.1, -0.05) is 13.0 Å². The van der Waals surface area contributed by atoms with E-state index >= 15 is 0 Å². The molecule has 0 radical (unpaired) electrons. The summed E-state index contributed by atoms with van der Waals surface area (Å²) >= 11 is 0. The summed E-state index contributed by atoms with van der Waals surface area (Å²) < 4.78 is 16.1. The fraction of sp³-hybridized carbons (Fsp3) is 0.300. The molecule has 0 saturated heterocycles. The van der Waals surface area contributed by atoms with E-state index in [1.807, 2.05) is 13.8 Å². The second-order valence-electron chi connectivity index (χ2n) is 5.58. The summed E-state index contributed by atoms with van der Waals surface area (Å²) in [4.78, 5) is 24.5. The SMILES string of the molecule is CCCOc1cccc(C(=O)NNC(=O)c2ccc(OCC)c(OC)c2)c1. The fourth-order valence-corrected chi connectivity index (χ4v) is 2.29. The molecule has 2 N–H and O–H groups in total. The predicted octanol–water partition coefficient (Wildman–Crippen LogP) is 2.96. The number of carbonyl (C=O) groups excluding carboxylic acids is 2. The quantitative estimate of drug-likeness (QED) is 0.696. The molecule has 0 aromatic heterocycles. The molecule has 2 aromatic carbocycles. The molecule has 0 saturated carbocycles. The van der Waals surface area contributed by atoms with Crippen molar-refractivity contribution >= 4 is 11.8 Å². The highest BCUT2D eigenvalue weighted by atomic mass is 16.5. The Kier molecular flexibility index (Phi) is 7.49. The van der Waals surface area contributed by atoms with Crippen molar-refractivity contribution in [2.24, 2.45) is 0 Å². The lowest BCUT2D eigenvalue weighted by atomic mass is 10.2. The second-order valence-corrected chi connectivity index (χ2v) is 5.58. The first-order chi connectivity index (χ1) is 13.1. The zero-order valence-corrected chi connectivity index (χ0v) is 15.7. The number of hydrogen-bond acceptors (Lipinski definition) is 5. The first kappa shape index (κ1) is 20.1. The Morgan fingerprint density at radius 2 is 1.59 bits per heavy atom. The molecule has 2 aromatic rings. The maximum Gasteiger partial charge on any atom is 0.269 e. The number of hydrazine groups is 1. The third kappa shape index (κ3) is 5.64. The normalized spacial score (nSPS) is 10.0. The van der Waals surface area contributed by atoms with E-state index in [1.165, 1.54) is 7.11 Å². The fourth-order valence-electron chi connectivity index (χ4n) is 2.29. The second kappa shape index (κ2) is 10.1. The van der Waals surface area contributed by atoms with Gasteiger partial charge in [0.1, 0.15) is 5.75 Å². The van der Waals surface area contributed by atoms with Crippen LogP contribution in [-0.2, 0) is 0 Å². The number of methoxy groups -OCH3 is 1. The Hall–Kier alpha value is -3.22. The highest BCUT2D eigenvalue weighted by Gasteiger charge is 2.13. The zero-order chi connectivity index (χ0) is 19.6. The Morgan fingerprint density at radius 1 is 0.889 bits per heavy atom. The molecule has 0 heterocycles. The smallest absolute Gasteiger partial charge is 0.269 e. The molecule has 0 spiro atoms. The van der Waals surface area contributed by atoms with Crippen LogP contribution in [0.25, 0.3) is 0 Å². The van der Waals surface area contributed by atoms with Crippen molar-refractivity contribution in [3.63, 3.8) is 0 Å². The molecule has 0 aliphatic heterocycles. The van der Waals surface area contributed by atoms with Crippen LogP contribution >= 0.6 is 0 Å². The molecule has 144 valence electrons. The third-order valence-corrected chi connectivity index (χ3v) is 3.58. The van der Waals surface area contributed by atoms with Gasteiger partial charge in [0.15, 0.2) is 11.5 Å². The molecule has 0 fully saturated rings. The Labute approximate surface area is 158 Å². The van der Waals surface area contributed by atoms with Gasteiger partial charge in [-0.3, -0.25) is 20.4 Å². The van der Waals surface area contributed by atoms with Crippen LogP contribution in [-0.4, -0.2) is 32.1 Å². The molecule has 27 heavy (non-hydrogen) atoms. The van der Waals surface area contributed by atoms with Gasteiger partial charge in [0.2, 0.25) is 0 Å². The van der Waals surface area contributed by atoms with Crippen molar-refractivity contribution in [2.45, 2.75) is 20.3 Å². The number of nitrogens with one attached hydrogen (secondary N) is 2. The van der Waals surface area contributed by atoms with Crippen LogP contribution in [0.5, 0.6) is 17.2 Å². The van der Waals surface area contributed by atoms with Crippen LogP contribution < -0.4 is 25.1 Å². The maximum atomic E-state index is 12.3. The van der Waals surface area contributed by atoms with Crippen molar-refractivity contribution in [1.29, 1.82) is 0 Å². The zero-order valence-electron chi connectivity index (χ0n) is 15.7. The van der Waals surface area contributed by atoms with Crippen molar-refractivity contribution in [3.05, 3.63) is 53.6 Å². The van der Waals surface area contributed by atoms with Gasteiger partial charge >= 0.3 is 0 Å². The largest absolute Gasteiger partial charge is 0.494 e. The van der Waals surface area contributed by atoms with E-state index in [-0.39, 0.29) is 0 Å².